The number of carboxylic acids is 2. The number of ketones is 2. The third-order valence-corrected chi connectivity index (χ3v) is 6.83. The molecule has 0 aliphatic carbocycles. The molecule has 0 amide bonds. The molecule has 1 aliphatic rings. The Morgan fingerprint density at radius 3 is 1.83 bits per heavy atom. The van der Waals surface area contributed by atoms with Gasteiger partial charge in [-0.25, -0.2) is 0 Å². The Morgan fingerprint density at radius 2 is 1.39 bits per heavy atom. The third-order valence-electron chi connectivity index (χ3n) is 6.83. The maximum absolute atomic E-state index is 12.8. The highest BCUT2D eigenvalue weighted by molar-refractivity contribution is 6.10. The number of hydrogen-bond donors (Lipinski definition) is 4. The van der Waals surface area contributed by atoms with Crippen LogP contribution < -0.4 is 0 Å². The number of aliphatic carboxylic acids is 2. The van der Waals surface area contributed by atoms with Crippen LogP contribution in [0.4, 0.5) is 0 Å². The predicted octanol–water partition coefficient (Wildman–Crippen LogP) is 4.56. The van der Waals surface area contributed by atoms with E-state index in [0.29, 0.717) is 6.29 Å². The lowest BCUT2D eigenvalue weighted by Gasteiger charge is -2.39. The molecule has 1 aromatic carbocycles. The summed E-state index contributed by atoms with van der Waals surface area (Å²) in [6.07, 6.45) is -1.19. The number of benzene rings is 1. The van der Waals surface area contributed by atoms with E-state index < -0.39 is 66.5 Å². The molecule has 334 valence electrons. The fraction of sp³-hybridized carbons (Fsp3) is 0.550. The highest BCUT2D eigenvalue weighted by Gasteiger charge is 2.39. The summed E-state index contributed by atoms with van der Waals surface area (Å²) < 4.78 is 40.2. The standard InChI is InChI=1S/C31H42O13.C3H6O.2C2H4O2.C2H4O/c1-18(33)10-11-28(38-5)31(44-30-14-22(42-21(4)35)13-23(43-30)16-41-20(3)34)29(39-6)17-40-19(2)12-27(37)24-8-7-9-26(36)25(24)15-32;1-3(2)4;2*1-2(3)4;1-2-3/h7-9,12,15,22-23,28-31,36H,10-11,13-14,16-17H2,1-6H3;4H,1H2,2H3;2*1H3,(H,3,4);2H,1H3/b19-12+;;;;/t22?,23?,28?,29?,30-,31-;;;;/m1..../s1. The average Bonchev–Trinajstić information content (AvgIpc) is 3.10. The van der Waals surface area contributed by atoms with Crippen LogP contribution in [0, 0.1) is 0 Å². The summed E-state index contributed by atoms with van der Waals surface area (Å²) in [4.78, 5) is 85.9. The van der Waals surface area contributed by atoms with Crippen LogP contribution in [0.25, 0.3) is 0 Å². The lowest BCUT2D eigenvalue weighted by Crippen LogP contribution is -2.50. The molecular weight excluding hydrogens is 784 g/mol. The number of phenolic OH excluding ortho intramolecular Hbond substituents is 1. The van der Waals surface area contributed by atoms with Crippen LogP contribution in [0.1, 0.15) is 102 Å². The summed E-state index contributed by atoms with van der Waals surface area (Å²) >= 11 is 0. The monoisotopic (exact) mass is 844 g/mol. The van der Waals surface area contributed by atoms with Crippen molar-refractivity contribution in [1.82, 2.24) is 0 Å². The van der Waals surface area contributed by atoms with E-state index in [1.807, 2.05) is 0 Å². The van der Waals surface area contributed by atoms with E-state index in [-0.39, 0.29) is 73.1 Å². The molecule has 4 N–H and O–H groups in total. The number of allylic oxidation sites excluding steroid dienone is 3. The van der Waals surface area contributed by atoms with Crippen LogP contribution in [0.3, 0.4) is 0 Å². The summed E-state index contributed by atoms with van der Waals surface area (Å²) in [5, 5.41) is 32.6. The maximum Gasteiger partial charge on any atom is 0.302 e. The number of esters is 2. The lowest BCUT2D eigenvalue weighted by atomic mass is 10.0. The number of carbonyl (C=O) groups excluding carboxylic acids is 6. The van der Waals surface area contributed by atoms with Gasteiger partial charge in [-0.2, -0.15) is 0 Å². The summed E-state index contributed by atoms with van der Waals surface area (Å²) in [5.74, 6) is -3.21. The van der Waals surface area contributed by atoms with Gasteiger partial charge < -0.3 is 63.2 Å². The molecule has 1 aromatic rings. The number of ether oxygens (including phenoxy) is 7. The molecule has 0 bridgehead atoms. The molecule has 4 unspecified atom stereocenters. The molecule has 6 atom stereocenters. The Hall–Kier alpha value is -5.50. The van der Waals surface area contributed by atoms with Gasteiger partial charge in [0.05, 0.1) is 29.3 Å². The normalized spacial score (nSPS) is 16.8. The number of aromatic hydroxyl groups is 1. The lowest BCUT2D eigenvalue weighted by molar-refractivity contribution is -0.271. The van der Waals surface area contributed by atoms with Crippen molar-refractivity contribution >= 4 is 48.0 Å². The molecule has 0 aromatic heterocycles. The first-order valence-corrected chi connectivity index (χ1v) is 17.9. The van der Waals surface area contributed by atoms with E-state index in [9.17, 15) is 29.1 Å². The molecule has 0 radical (unpaired) electrons. The van der Waals surface area contributed by atoms with Gasteiger partial charge in [-0.15, -0.1) is 0 Å². The minimum atomic E-state index is -0.933. The largest absolute Gasteiger partial charge is 0.513 e. The zero-order chi connectivity index (χ0) is 46.2. The summed E-state index contributed by atoms with van der Waals surface area (Å²) in [7, 11) is 2.90. The Morgan fingerprint density at radius 1 is 0.864 bits per heavy atom. The van der Waals surface area contributed by atoms with E-state index in [4.69, 9.17) is 62.9 Å². The molecule has 1 saturated heterocycles. The first-order valence-electron chi connectivity index (χ1n) is 17.9. The topological polar surface area (TPSA) is 282 Å². The van der Waals surface area contributed by atoms with Gasteiger partial charge in [-0.05, 0) is 40.2 Å². The number of methoxy groups -OCH3 is 2. The van der Waals surface area contributed by atoms with Gasteiger partial charge in [0.1, 0.15) is 49.3 Å². The SMILES string of the molecule is C=C(C)O.CC(=O)O.CC(=O)O.CC=O.COC(CCC(C)=O)[C@@H](O[C@@H]1CC(OC(C)=O)CC(COC(C)=O)O1)C(CO/C(C)=C/C(=O)c1cccc(O)c1C=O)OC. The highest BCUT2D eigenvalue weighted by atomic mass is 16.7. The van der Waals surface area contributed by atoms with Crippen molar-refractivity contribution in [2.24, 2.45) is 0 Å². The first-order chi connectivity index (χ1) is 27.5. The molecule has 0 saturated carbocycles. The van der Waals surface area contributed by atoms with Gasteiger partial charge in [-0.3, -0.25) is 28.8 Å². The maximum atomic E-state index is 12.8. The molecule has 1 aliphatic heterocycles. The molecule has 2 rings (SSSR count). The molecule has 19 nitrogen and oxygen atoms in total. The zero-order valence-corrected chi connectivity index (χ0v) is 35.3. The van der Waals surface area contributed by atoms with Crippen molar-refractivity contribution in [2.45, 2.75) is 118 Å². The first kappa shape index (κ1) is 57.8. The van der Waals surface area contributed by atoms with Gasteiger partial charge in [0.15, 0.2) is 18.4 Å². The minimum Gasteiger partial charge on any atom is -0.513 e. The van der Waals surface area contributed by atoms with Crippen LogP contribution in [-0.4, -0.2) is 133 Å². The van der Waals surface area contributed by atoms with Gasteiger partial charge in [0.25, 0.3) is 11.9 Å². The molecule has 0 spiro atoms. The number of aliphatic hydroxyl groups is 1. The molecule has 19 heteroatoms. The van der Waals surface area contributed by atoms with Crippen molar-refractivity contribution in [3.63, 3.8) is 0 Å². The van der Waals surface area contributed by atoms with Crippen molar-refractivity contribution in [2.75, 3.05) is 27.4 Å². The second kappa shape index (κ2) is 33.5. The Kier molecular flexibility index (Phi) is 32.8. The minimum absolute atomic E-state index is 0.0104. The fourth-order valence-corrected chi connectivity index (χ4v) is 4.72. The third kappa shape index (κ3) is 31.2. The van der Waals surface area contributed by atoms with Crippen LogP contribution >= 0.6 is 0 Å². The number of Topliss-reactive ketones (excluding diaryl/α,β-unsaturated/α-hetero) is 1. The molecule has 59 heavy (non-hydrogen) atoms. The summed E-state index contributed by atoms with van der Waals surface area (Å²) in [5.41, 5.74) is -0.124. The predicted molar refractivity (Wildman–Crippen MR) is 210 cm³/mol. The zero-order valence-electron chi connectivity index (χ0n) is 35.3. The van der Waals surface area contributed by atoms with E-state index in [0.717, 1.165) is 20.1 Å². The number of carbonyl (C=O) groups is 8. The van der Waals surface area contributed by atoms with Gasteiger partial charge in [0.2, 0.25) is 0 Å². The average molecular weight is 845 g/mol. The van der Waals surface area contributed by atoms with E-state index in [2.05, 4.69) is 6.58 Å². The van der Waals surface area contributed by atoms with E-state index in [1.54, 1.807) is 6.92 Å². The second-order valence-electron chi connectivity index (χ2n) is 12.4. The Labute approximate surface area is 344 Å². The molecular formula is C40H60O19. The Balaban J connectivity index is -0.00000179. The number of rotatable bonds is 18. The van der Waals surface area contributed by atoms with Crippen LogP contribution in [-0.2, 0) is 61.9 Å². The van der Waals surface area contributed by atoms with Crippen LogP contribution in [0.15, 0.2) is 42.4 Å². The highest BCUT2D eigenvalue weighted by Crippen LogP contribution is 2.28. The van der Waals surface area contributed by atoms with E-state index >= 15 is 0 Å². The molecule has 1 fully saturated rings. The van der Waals surface area contributed by atoms with Crippen molar-refractivity contribution in [3.05, 3.63) is 53.5 Å². The smallest absolute Gasteiger partial charge is 0.302 e. The van der Waals surface area contributed by atoms with Crippen molar-refractivity contribution in [1.29, 1.82) is 0 Å². The summed E-state index contributed by atoms with van der Waals surface area (Å²) in [6, 6.07) is 4.17. The van der Waals surface area contributed by atoms with Gasteiger partial charge in [0, 0.05) is 72.8 Å². The summed E-state index contributed by atoms with van der Waals surface area (Å²) in [6.45, 7) is 13.6. The number of aliphatic hydroxyl groups excluding tert-OH is 1. The number of phenols is 1. The van der Waals surface area contributed by atoms with E-state index in [1.165, 1.54) is 73.1 Å². The number of aldehydes is 2. The van der Waals surface area contributed by atoms with Crippen LogP contribution in [0.2, 0.25) is 0 Å². The van der Waals surface area contributed by atoms with Crippen molar-refractivity contribution < 1.29 is 91.9 Å². The number of carboxylic acid groups (broad SMARTS) is 2. The Bertz CT molecular complexity index is 1480. The second-order valence-corrected chi connectivity index (χ2v) is 12.4. The van der Waals surface area contributed by atoms with Gasteiger partial charge in [-0.1, -0.05) is 18.7 Å². The number of hydrogen-bond acceptors (Lipinski definition) is 17. The van der Waals surface area contributed by atoms with Crippen molar-refractivity contribution in [3.8, 4) is 5.75 Å². The fourth-order valence-electron chi connectivity index (χ4n) is 4.72. The van der Waals surface area contributed by atoms with Crippen LogP contribution in [0.5, 0.6) is 5.75 Å². The quantitative estimate of drug-likeness (QED) is 0.0518. The molecule has 1 heterocycles. The van der Waals surface area contributed by atoms with Gasteiger partial charge >= 0.3 is 11.9 Å².